The summed E-state index contributed by atoms with van der Waals surface area (Å²) in [4.78, 5) is 25.9. The van der Waals surface area contributed by atoms with Gasteiger partial charge in [0.25, 0.3) is 0 Å². The number of para-hydroxylation sites is 1. The van der Waals surface area contributed by atoms with E-state index in [9.17, 15) is 9.59 Å². The third-order valence-electron chi connectivity index (χ3n) is 4.91. The normalized spacial score (nSPS) is 13.3. The Morgan fingerprint density at radius 2 is 2.00 bits per heavy atom. The molecule has 0 saturated heterocycles. The lowest BCUT2D eigenvalue weighted by atomic mass is 10.1. The van der Waals surface area contributed by atoms with E-state index in [0.717, 1.165) is 37.4 Å². The second-order valence-corrected chi connectivity index (χ2v) is 9.16. The van der Waals surface area contributed by atoms with Crippen molar-refractivity contribution in [1.29, 1.82) is 0 Å². The molecule has 31 heavy (non-hydrogen) atoms. The minimum Gasteiger partial charge on any atom is -0.486 e. The maximum Gasteiger partial charge on any atom is 0.239 e. The topological polar surface area (TPSA) is 89.3 Å². The Kier molecular flexibility index (Phi) is 8.34. The van der Waals surface area contributed by atoms with Gasteiger partial charge >= 0.3 is 0 Å². The van der Waals surface area contributed by atoms with Crippen molar-refractivity contribution in [2.75, 3.05) is 19.3 Å². The van der Waals surface area contributed by atoms with E-state index in [0.29, 0.717) is 23.7 Å². The van der Waals surface area contributed by atoms with Gasteiger partial charge in [-0.05, 0) is 37.3 Å². The lowest BCUT2D eigenvalue weighted by Gasteiger charge is -2.17. The number of carbonyl (C=O) groups is 2. The first-order valence-electron chi connectivity index (χ1n) is 10.7. The highest BCUT2D eigenvalue weighted by Gasteiger charge is 2.24. The zero-order chi connectivity index (χ0) is 22.2. The molecule has 0 radical (unpaired) electrons. The minimum absolute atomic E-state index is 0.0755. The number of benzene rings is 1. The largest absolute Gasteiger partial charge is 0.486 e. The molecule has 0 aliphatic heterocycles. The number of rotatable bonds is 12. The Balaban J connectivity index is 1.57. The summed E-state index contributed by atoms with van der Waals surface area (Å²) in [5.41, 5.74) is 0. The van der Waals surface area contributed by atoms with Crippen LogP contribution in [0.25, 0.3) is 0 Å². The van der Waals surface area contributed by atoms with E-state index in [1.807, 2.05) is 34.9 Å². The number of amides is 2. The van der Waals surface area contributed by atoms with Gasteiger partial charge in [-0.3, -0.25) is 9.59 Å². The number of ether oxygens (including phenoxy) is 1. The van der Waals surface area contributed by atoms with Gasteiger partial charge in [0, 0.05) is 19.6 Å². The molecular weight excluding hydrogens is 414 g/mol. The third-order valence-corrected chi connectivity index (χ3v) is 5.86. The van der Waals surface area contributed by atoms with E-state index in [-0.39, 0.29) is 24.1 Å². The zero-order valence-corrected chi connectivity index (χ0v) is 19.2. The maximum atomic E-state index is 12.5. The monoisotopic (exact) mass is 445 g/mol. The fourth-order valence-corrected chi connectivity index (χ4v) is 3.77. The molecule has 0 atom stereocenters. The van der Waals surface area contributed by atoms with E-state index < -0.39 is 0 Å². The van der Waals surface area contributed by atoms with E-state index in [1.165, 1.54) is 16.7 Å². The van der Waals surface area contributed by atoms with Crippen LogP contribution in [0.4, 0.5) is 0 Å². The lowest BCUT2D eigenvalue weighted by molar-refractivity contribution is -0.132. The molecule has 1 saturated carbocycles. The van der Waals surface area contributed by atoms with Crippen LogP contribution >= 0.6 is 11.8 Å². The van der Waals surface area contributed by atoms with E-state index in [1.54, 1.807) is 7.05 Å². The number of hydrogen-bond acceptors (Lipinski definition) is 6. The van der Waals surface area contributed by atoms with Crippen molar-refractivity contribution in [3.05, 3.63) is 36.2 Å². The summed E-state index contributed by atoms with van der Waals surface area (Å²) in [5, 5.41) is 12.2. The first-order valence-corrected chi connectivity index (χ1v) is 11.7. The van der Waals surface area contributed by atoms with E-state index >= 15 is 0 Å². The van der Waals surface area contributed by atoms with Crippen LogP contribution in [0.2, 0.25) is 0 Å². The predicted molar refractivity (Wildman–Crippen MR) is 120 cm³/mol. The molecule has 1 aliphatic rings. The molecule has 0 unspecified atom stereocenters. The Morgan fingerprint density at radius 3 is 2.68 bits per heavy atom. The van der Waals surface area contributed by atoms with Crippen LogP contribution in [0.15, 0.2) is 35.5 Å². The Labute approximate surface area is 187 Å². The molecule has 2 aromatic rings. The molecule has 2 amide bonds. The molecule has 3 rings (SSSR count). The molecule has 9 heteroatoms. The highest BCUT2D eigenvalue weighted by atomic mass is 32.2. The fraction of sp³-hybridized carbons (Fsp3) is 0.545. The van der Waals surface area contributed by atoms with Crippen molar-refractivity contribution in [3.63, 3.8) is 0 Å². The van der Waals surface area contributed by atoms with Gasteiger partial charge in [0.05, 0.1) is 12.3 Å². The average molecular weight is 446 g/mol. The SMILES string of the molecule is CC(C)CCn1c(COc2ccccc2)nnc1SCC(=O)N(C)CC(=O)NC1CC1. The predicted octanol–water partition coefficient (Wildman–Crippen LogP) is 2.73. The maximum absolute atomic E-state index is 12.5. The summed E-state index contributed by atoms with van der Waals surface area (Å²) in [6.07, 6.45) is 3.03. The van der Waals surface area contributed by atoms with E-state index in [2.05, 4.69) is 29.4 Å². The van der Waals surface area contributed by atoms with Crippen LogP contribution in [-0.4, -0.2) is 56.9 Å². The van der Waals surface area contributed by atoms with Crippen LogP contribution in [0.3, 0.4) is 0 Å². The molecule has 1 fully saturated rings. The van der Waals surface area contributed by atoms with Gasteiger partial charge in [-0.15, -0.1) is 10.2 Å². The molecule has 1 aromatic carbocycles. The van der Waals surface area contributed by atoms with Crippen LogP contribution in [0.5, 0.6) is 5.75 Å². The quantitative estimate of drug-likeness (QED) is 0.505. The Morgan fingerprint density at radius 1 is 1.26 bits per heavy atom. The summed E-state index contributed by atoms with van der Waals surface area (Å²) < 4.78 is 7.87. The number of nitrogens with zero attached hydrogens (tertiary/aromatic N) is 4. The molecule has 1 N–H and O–H groups in total. The number of carbonyl (C=O) groups excluding carboxylic acids is 2. The number of thioether (sulfide) groups is 1. The first kappa shape index (κ1) is 23.1. The lowest BCUT2D eigenvalue weighted by Crippen LogP contribution is -2.39. The van der Waals surface area contributed by atoms with Crippen molar-refractivity contribution >= 4 is 23.6 Å². The van der Waals surface area contributed by atoms with Gasteiger partial charge in [0.1, 0.15) is 12.4 Å². The smallest absolute Gasteiger partial charge is 0.239 e. The van der Waals surface area contributed by atoms with Crippen molar-refractivity contribution < 1.29 is 14.3 Å². The Hall–Kier alpha value is -2.55. The molecule has 168 valence electrons. The summed E-state index contributed by atoms with van der Waals surface area (Å²) in [5.74, 6) is 2.01. The van der Waals surface area contributed by atoms with Gasteiger partial charge in [0.2, 0.25) is 11.8 Å². The van der Waals surface area contributed by atoms with Crippen molar-refractivity contribution in [1.82, 2.24) is 25.0 Å². The molecular formula is C22H31N5O3S. The standard InChI is InChI=1S/C22H31N5O3S/c1-16(2)11-12-27-19(14-30-18-7-5-4-6-8-18)24-25-22(27)31-15-21(29)26(3)13-20(28)23-17-9-10-17/h4-8,16-17H,9-15H2,1-3H3,(H,23,28). The highest BCUT2D eigenvalue weighted by molar-refractivity contribution is 7.99. The Bertz CT molecular complexity index is 867. The zero-order valence-electron chi connectivity index (χ0n) is 18.4. The second-order valence-electron chi connectivity index (χ2n) is 8.21. The van der Waals surface area contributed by atoms with Gasteiger partial charge in [-0.1, -0.05) is 43.8 Å². The van der Waals surface area contributed by atoms with Crippen LogP contribution < -0.4 is 10.1 Å². The number of nitrogens with one attached hydrogen (secondary N) is 1. The third kappa shape index (κ3) is 7.57. The van der Waals surface area contributed by atoms with Crippen LogP contribution in [0.1, 0.15) is 38.9 Å². The van der Waals surface area contributed by atoms with Crippen molar-refractivity contribution in [2.24, 2.45) is 5.92 Å². The van der Waals surface area contributed by atoms with Gasteiger partial charge in [-0.25, -0.2) is 0 Å². The molecule has 1 aromatic heterocycles. The van der Waals surface area contributed by atoms with Crippen molar-refractivity contribution in [3.8, 4) is 5.75 Å². The highest BCUT2D eigenvalue weighted by Crippen LogP contribution is 2.21. The number of likely N-dealkylation sites (N-methyl/N-ethyl adjacent to an activating group) is 1. The minimum atomic E-state index is -0.114. The van der Waals surface area contributed by atoms with Crippen LogP contribution in [-0.2, 0) is 22.7 Å². The summed E-state index contributed by atoms with van der Waals surface area (Å²) in [7, 11) is 1.65. The van der Waals surface area contributed by atoms with Gasteiger partial charge < -0.3 is 19.5 Å². The number of aromatic nitrogens is 3. The van der Waals surface area contributed by atoms with Gasteiger partial charge in [-0.2, -0.15) is 0 Å². The summed E-state index contributed by atoms with van der Waals surface area (Å²) >= 11 is 1.34. The van der Waals surface area contributed by atoms with Crippen molar-refractivity contribution in [2.45, 2.75) is 57.5 Å². The molecule has 1 heterocycles. The first-order chi connectivity index (χ1) is 14.9. The van der Waals surface area contributed by atoms with E-state index in [4.69, 9.17) is 4.74 Å². The molecule has 8 nitrogen and oxygen atoms in total. The molecule has 1 aliphatic carbocycles. The molecule has 0 bridgehead atoms. The molecule has 0 spiro atoms. The second kappa shape index (κ2) is 11.2. The number of hydrogen-bond donors (Lipinski definition) is 1. The fourth-order valence-electron chi connectivity index (χ4n) is 2.85. The van der Waals surface area contributed by atoms with Crippen LogP contribution in [0, 0.1) is 5.92 Å². The summed E-state index contributed by atoms with van der Waals surface area (Å²) in [6, 6.07) is 9.88. The van der Waals surface area contributed by atoms with Gasteiger partial charge in [0.15, 0.2) is 11.0 Å². The summed E-state index contributed by atoms with van der Waals surface area (Å²) in [6.45, 7) is 5.48. The average Bonchev–Trinajstić information content (AvgIpc) is 3.47.